The number of allylic oxidation sites excluding steroid dienone is 1. The molecule has 0 saturated carbocycles. The molecule has 2 amide bonds. The number of esters is 1. The van der Waals surface area contributed by atoms with E-state index in [1.165, 1.54) is 24.0 Å². The zero-order chi connectivity index (χ0) is 21.1. The number of nitrogens with one attached hydrogen (secondary N) is 1. The van der Waals surface area contributed by atoms with E-state index in [1.54, 1.807) is 0 Å². The summed E-state index contributed by atoms with van der Waals surface area (Å²) >= 11 is 0. The third-order valence-corrected chi connectivity index (χ3v) is 4.32. The highest BCUT2D eigenvalue weighted by atomic mass is 19.4. The van der Waals surface area contributed by atoms with Gasteiger partial charge in [0.25, 0.3) is 0 Å². The van der Waals surface area contributed by atoms with Crippen molar-refractivity contribution in [3.05, 3.63) is 46.7 Å². The van der Waals surface area contributed by atoms with Gasteiger partial charge in [0, 0.05) is 18.7 Å². The molecule has 1 aliphatic heterocycles. The summed E-state index contributed by atoms with van der Waals surface area (Å²) in [7, 11) is 1.12. The van der Waals surface area contributed by atoms with Crippen molar-refractivity contribution in [1.82, 2.24) is 10.2 Å². The van der Waals surface area contributed by atoms with Gasteiger partial charge >= 0.3 is 24.1 Å². The normalized spacial score (nSPS) is 17.4. The van der Waals surface area contributed by atoms with Gasteiger partial charge in [0.05, 0.1) is 24.3 Å². The first kappa shape index (κ1) is 21.3. The second kappa shape index (κ2) is 8.32. The van der Waals surface area contributed by atoms with Crippen LogP contribution in [0.2, 0.25) is 0 Å². The summed E-state index contributed by atoms with van der Waals surface area (Å²) < 4.78 is 43.8. The van der Waals surface area contributed by atoms with Gasteiger partial charge in [0.1, 0.15) is 0 Å². The monoisotopic (exact) mass is 400 g/mol. The number of methoxy groups -OCH3 is 1. The Bertz CT molecular complexity index is 820. The van der Waals surface area contributed by atoms with Crippen molar-refractivity contribution in [2.75, 3.05) is 13.7 Å². The lowest BCUT2D eigenvalue weighted by molar-refractivity contribution is -0.138. The van der Waals surface area contributed by atoms with Crippen LogP contribution >= 0.6 is 0 Å². The highest BCUT2D eigenvalue weighted by Gasteiger charge is 2.37. The minimum atomic E-state index is -4.58. The Morgan fingerprint density at radius 1 is 1.32 bits per heavy atom. The van der Waals surface area contributed by atoms with Crippen molar-refractivity contribution < 1.29 is 37.4 Å². The van der Waals surface area contributed by atoms with Crippen molar-refractivity contribution in [3.8, 4) is 0 Å². The van der Waals surface area contributed by atoms with Crippen LogP contribution in [0.3, 0.4) is 0 Å². The number of aliphatic carboxylic acids is 1. The van der Waals surface area contributed by atoms with E-state index in [9.17, 15) is 27.6 Å². The van der Waals surface area contributed by atoms with Crippen LogP contribution < -0.4 is 5.32 Å². The Kier molecular flexibility index (Phi) is 6.32. The van der Waals surface area contributed by atoms with Gasteiger partial charge in [-0.25, -0.2) is 9.59 Å². The number of carbonyl (C=O) groups is 3. The molecular formula is C18H19F3N2O5. The van der Waals surface area contributed by atoms with Gasteiger partial charge in [-0.3, -0.25) is 9.69 Å². The predicted octanol–water partition coefficient (Wildman–Crippen LogP) is 3.08. The number of carboxylic acids is 1. The number of nitrogens with zero attached hydrogens (tertiary/aromatic N) is 1. The zero-order valence-electron chi connectivity index (χ0n) is 15.2. The van der Waals surface area contributed by atoms with E-state index >= 15 is 0 Å². The van der Waals surface area contributed by atoms with Crippen LogP contribution in [0.5, 0.6) is 0 Å². The second-order valence-electron chi connectivity index (χ2n) is 6.15. The fourth-order valence-corrected chi connectivity index (χ4v) is 2.96. The van der Waals surface area contributed by atoms with Crippen LogP contribution in [-0.4, -0.2) is 41.6 Å². The van der Waals surface area contributed by atoms with Gasteiger partial charge in [-0.2, -0.15) is 13.2 Å². The van der Waals surface area contributed by atoms with Gasteiger partial charge in [-0.1, -0.05) is 12.1 Å². The van der Waals surface area contributed by atoms with Gasteiger partial charge in [0.15, 0.2) is 0 Å². The largest absolute Gasteiger partial charge is 0.481 e. The number of halogens is 3. The maximum Gasteiger partial charge on any atom is 0.416 e. The van der Waals surface area contributed by atoms with E-state index in [1.807, 2.05) is 0 Å². The maximum absolute atomic E-state index is 13.0. The number of carbonyl (C=O) groups excluding carboxylic acids is 2. The predicted molar refractivity (Wildman–Crippen MR) is 91.0 cm³/mol. The van der Waals surface area contributed by atoms with Crippen molar-refractivity contribution in [3.63, 3.8) is 0 Å². The molecule has 0 aromatic heterocycles. The number of urea groups is 1. The Morgan fingerprint density at radius 3 is 2.57 bits per heavy atom. The molecule has 0 unspecified atom stereocenters. The minimum Gasteiger partial charge on any atom is -0.481 e. The Labute approximate surface area is 158 Å². The number of benzene rings is 1. The summed E-state index contributed by atoms with van der Waals surface area (Å²) in [5, 5.41) is 11.2. The molecule has 0 saturated heterocycles. The zero-order valence-corrected chi connectivity index (χ0v) is 15.2. The fraction of sp³-hybridized carbons (Fsp3) is 0.389. The number of rotatable bonds is 6. The highest BCUT2D eigenvalue weighted by Crippen LogP contribution is 2.35. The van der Waals surface area contributed by atoms with Crippen LogP contribution in [0.1, 0.15) is 36.9 Å². The smallest absolute Gasteiger partial charge is 0.416 e. The summed E-state index contributed by atoms with van der Waals surface area (Å²) in [4.78, 5) is 36.6. The Balaban J connectivity index is 2.45. The SMILES string of the molecule is COC(=O)C1=C(C)N(CCCC(=O)O)C(=O)N[C@@H]1c1cccc(C(F)(F)F)c1. The van der Waals surface area contributed by atoms with Crippen LogP contribution in [0, 0.1) is 0 Å². The number of carboxylic acid groups (broad SMARTS) is 1. The number of hydrogen-bond acceptors (Lipinski definition) is 4. The molecule has 0 aliphatic carbocycles. The molecule has 0 fully saturated rings. The van der Waals surface area contributed by atoms with Crippen molar-refractivity contribution in [2.45, 2.75) is 32.0 Å². The third-order valence-electron chi connectivity index (χ3n) is 4.32. The lowest BCUT2D eigenvalue weighted by Gasteiger charge is -2.35. The van der Waals surface area contributed by atoms with Crippen molar-refractivity contribution in [2.24, 2.45) is 0 Å². The molecular weight excluding hydrogens is 381 g/mol. The van der Waals surface area contributed by atoms with E-state index in [0.717, 1.165) is 19.2 Å². The molecule has 2 N–H and O–H groups in total. The number of amides is 2. The number of alkyl halides is 3. The maximum atomic E-state index is 13.0. The topological polar surface area (TPSA) is 95.9 Å². The van der Waals surface area contributed by atoms with E-state index in [4.69, 9.17) is 9.84 Å². The molecule has 0 spiro atoms. The summed E-state index contributed by atoms with van der Waals surface area (Å²) in [6, 6.07) is 2.54. The fourth-order valence-electron chi connectivity index (χ4n) is 2.96. The van der Waals surface area contributed by atoms with E-state index in [-0.39, 0.29) is 36.2 Å². The van der Waals surface area contributed by atoms with Gasteiger partial charge in [0.2, 0.25) is 0 Å². The highest BCUT2D eigenvalue weighted by molar-refractivity contribution is 5.95. The first-order valence-corrected chi connectivity index (χ1v) is 8.32. The number of ether oxygens (including phenoxy) is 1. The minimum absolute atomic E-state index is 0.0169. The average molecular weight is 400 g/mol. The molecule has 1 aromatic carbocycles. The molecule has 10 heteroatoms. The second-order valence-corrected chi connectivity index (χ2v) is 6.15. The Morgan fingerprint density at radius 2 is 2.00 bits per heavy atom. The summed E-state index contributed by atoms with van der Waals surface area (Å²) in [5.74, 6) is -1.84. The number of hydrogen-bond donors (Lipinski definition) is 2. The first-order chi connectivity index (χ1) is 13.1. The molecule has 1 aromatic rings. The van der Waals surface area contributed by atoms with Crippen LogP contribution in [-0.2, 0) is 20.5 Å². The van der Waals surface area contributed by atoms with Gasteiger partial charge < -0.3 is 15.2 Å². The molecule has 28 heavy (non-hydrogen) atoms. The standard InChI is InChI=1S/C18H19F3N2O5/c1-10-14(16(26)28-2)15(11-5-3-6-12(9-11)18(19,20)21)22-17(27)23(10)8-4-7-13(24)25/h3,5-6,9,15H,4,7-8H2,1-2H3,(H,22,27)(H,24,25)/t15-/m1/s1. The average Bonchev–Trinajstić information content (AvgIpc) is 2.62. The van der Waals surface area contributed by atoms with E-state index in [2.05, 4.69) is 5.32 Å². The van der Waals surface area contributed by atoms with Crippen LogP contribution in [0.4, 0.5) is 18.0 Å². The lowest BCUT2D eigenvalue weighted by atomic mass is 9.93. The summed E-state index contributed by atoms with van der Waals surface area (Å²) in [6.45, 7) is 1.49. The van der Waals surface area contributed by atoms with Crippen LogP contribution in [0.25, 0.3) is 0 Å². The first-order valence-electron chi connectivity index (χ1n) is 8.32. The molecule has 1 heterocycles. The van der Waals surface area contributed by atoms with Gasteiger partial charge in [-0.05, 0) is 31.0 Å². The van der Waals surface area contributed by atoms with Crippen molar-refractivity contribution >= 4 is 18.0 Å². The van der Waals surface area contributed by atoms with Gasteiger partial charge in [-0.15, -0.1) is 0 Å². The summed E-state index contributed by atoms with van der Waals surface area (Å²) in [6.07, 6.45) is -4.62. The quantitative estimate of drug-likeness (QED) is 0.716. The molecule has 2 rings (SSSR count). The van der Waals surface area contributed by atoms with E-state index in [0.29, 0.717) is 0 Å². The van der Waals surface area contributed by atoms with E-state index < -0.39 is 35.8 Å². The molecule has 152 valence electrons. The third kappa shape index (κ3) is 4.62. The van der Waals surface area contributed by atoms with Crippen LogP contribution in [0.15, 0.2) is 35.5 Å². The lowest BCUT2D eigenvalue weighted by Crippen LogP contribution is -2.48. The molecule has 1 atom stereocenters. The Hall–Kier alpha value is -3.04. The van der Waals surface area contributed by atoms with Crippen molar-refractivity contribution in [1.29, 1.82) is 0 Å². The molecule has 1 aliphatic rings. The molecule has 0 bridgehead atoms. The molecule has 0 radical (unpaired) electrons. The summed E-state index contributed by atoms with van der Waals surface area (Å²) in [5.41, 5.74) is -0.654. The molecule has 7 nitrogen and oxygen atoms in total.